The first kappa shape index (κ1) is 14.6. The van der Waals surface area contributed by atoms with Crippen molar-refractivity contribution in [1.82, 2.24) is 24.9 Å². The quantitative estimate of drug-likeness (QED) is 0.785. The molecule has 1 aromatic rings. The van der Waals surface area contributed by atoms with Gasteiger partial charge < -0.3 is 10.2 Å². The maximum absolute atomic E-state index is 12.3. The second-order valence-electron chi connectivity index (χ2n) is 5.79. The van der Waals surface area contributed by atoms with Crippen LogP contribution in [0.1, 0.15) is 23.9 Å². The van der Waals surface area contributed by atoms with Crippen molar-refractivity contribution in [3.05, 3.63) is 17.5 Å². The number of aryl methyl sites for hydroxylation is 2. The fourth-order valence-corrected chi connectivity index (χ4v) is 3.03. The molecule has 8 heteroatoms. The summed E-state index contributed by atoms with van der Waals surface area (Å²) in [5.74, 6) is -0.554. The molecule has 1 aromatic heterocycles. The van der Waals surface area contributed by atoms with Crippen molar-refractivity contribution in [2.75, 3.05) is 26.2 Å². The fraction of sp³-hybridized carbons (Fsp3) is 0.571. The van der Waals surface area contributed by atoms with Crippen LogP contribution in [0, 0.1) is 13.8 Å². The van der Waals surface area contributed by atoms with Crippen molar-refractivity contribution in [2.24, 2.45) is 0 Å². The van der Waals surface area contributed by atoms with Gasteiger partial charge in [-0.2, -0.15) is 5.10 Å². The van der Waals surface area contributed by atoms with Gasteiger partial charge in [0.2, 0.25) is 5.91 Å². The normalized spacial score (nSPS) is 21.6. The van der Waals surface area contributed by atoms with E-state index in [0.717, 1.165) is 22.7 Å². The van der Waals surface area contributed by atoms with Gasteiger partial charge in [0.1, 0.15) is 6.54 Å². The Bertz CT molecular complexity index is 622. The summed E-state index contributed by atoms with van der Waals surface area (Å²) in [6, 6.07) is 1.67. The number of likely N-dealkylation sites (tertiary alicyclic amines) is 1. The van der Waals surface area contributed by atoms with Gasteiger partial charge >= 0.3 is 6.03 Å². The molecular weight excluding hydrogens is 286 g/mol. The van der Waals surface area contributed by atoms with Gasteiger partial charge in [-0.15, -0.1) is 0 Å². The number of amides is 4. The molecule has 0 spiro atoms. The van der Waals surface area contributed by atoms with Crippen molar-refractivity contribution >= 4 is 17.8 Å². The summed E-state index contributed by atoms with van der Waals surface area (Å²) in [4.78, 5) is 38.0. The predicted octanol–water partition coefficient (Wildman–Crippen LogP) is -0.175. The van der Waals surface area contributed by atoms with E-state index >= 15 is 0 Å². The monoisotopic (exact) mass is 305 g/mol. The van der Waals surface area contributed by atoms with Crippen LogP contribution in [0.2, 0.25) is 0 Å². The summed E-state index contributed by atoms with van der Waals surface area (Å²) in [5, 5.41) is 6.88. The lowest BCUT2D eigenvalue weighted by molar-refractivity contribution is -0.135. The SMILES string of the molecule is Cc1cc(C)n([C@@H]2CCN(C(=O)CN3C(=O)CNC3=O)C2)n1. The maximum Gasteiger partial charge on any atom is 0.325 e. The number of nitrogens with one attached hydrogen (secondary N) is 1. The van der Waals surface area contributed by atoms with Gasteiger partial charge in [0.05, 0.1) is 18.3 Å². The number of carbonyl (C=O) groups is 3. The minimum Gasteiger partial charge on any atom is -0.339 e. The van der Waals surface area contributed by atoms with Gasteiger partial charge in [-0.05, 0) is 26.3 Å². The molecule has 3 rings (SSSR count). The van der Waals surface area contributed by atoms with Crippen LogP contribution >= 0.6 is 0 Å². The molecule has 0 bridgehead atoms. The zero-order valence-electron chi connectivity index (χ0n) is 12.7. The molecule has 0 saturated carbocycles. The number of carbonyl (C=O) groups excluding carboxylic acids is 3. The number of imide groups is 1. The number of aromatic nitrogens is 2. The van der Waals surface area contributed by atoms with Crippen LogP contribution in [0.3, 0.4) is 0 Å². The number of nitrogens with zero attached hydrogens (tertiary/aromatic N) is 4. The molecule has 0 radical (unpaired) electrons. The number of urea groups is 1. The highest BCUT2D eigenvalue weighted by Crippen LogP contribution is 2.23. The van der Waals surface area contributed by atoms with E-state index < -0.39 is 6.03 Å². The van der Waals surface area contributed by atoms with Crippen molar-refractivity contribution in [3.8, 4) is 0 Å². The van der Waals surface area contributed by atoms with Gasteiger partial charge in [-0.3, -0.25) is 19.2 Å². The zero-order valence-corrected chi connectivity index (χ0v) is 12.7. The molecule has 1 N–H and O–H groups in total. The minimum atomic E-state index is -0.493. The zero-order chi connectivity index (χ0) is 15.9. The van der Waals surface area contributed by atoms with Crippen molar-refractivity contribution in [1.29, 1.82) is 0 Å². The average molecular weight is 305 g/mol. The Morgan fingerprint density at radius 1 is 1.41 bits per heavy atom. The Kier molecular flexibility index (Phi) is 3.59. The standard InChI is InChI=1S/C14H19N5O3/c1-9-5-10(2)19(16-9)11-3-4-17(7-11)13(21)8-18-12(20)6-15-14(18)22/h5,11H,3-4,6-8H2,1-2H3,(H,15,22)/t11-/m1/s1. The Labute approximate surface area is 128 Å². The van der Waals surface area contributed by atoms with Crippen LogP contribution < -0.4 is 5.32 Å². The summed E-state index contributed by atoms with van der Waals surface area (Å²) in [6.45, 7) is 4.90. The lowest BCUT2D eigenvalue weighted by atomic mass is 10.2. The second kappa shape index (κ2) is 5.43. The molecule has 4 amide bonds. The Morgan fingerprint density at radius 2 is 2.18 bits per heavy atom. The summed E-state index contributed by atoms with van der Waals surface area (Å²) in [7, 11) is 0. The predicted molar refractivity (Wildman–Crippen MR) is 77.0 cm³/mol. The third-order valence-corrected chi connectivity index (χ3v) is 4.14. The first-order valence-corrected chi connectivity index (χ1v) is 7.34. The molecule has 2 fully saturated rings. The number of rotatable bonds is 3. The van der Waals surface area contributed by atoms with Gasteiger partial charge in [0.25, 0.3) is 5.91 Å². The molecule has 0 aromatic carbocycles. The fourth-order valence-electron chi connectivity index (χ4n) is 3.03. The Morgan fingerprint density at radius 3 is 2.77 bits per heavy atom. The van der Waals surface area contributed by atoms with Crippen LogP contribution in [-0.2, 0) is 9.59 Å². The van der Waals surface area contributed by atoms with E-state index in [-0.39, 0.29) is 30.9 Å². The third-order valence-electron chi connectivity index (χ3n) is 4.14. The molecule has 8 nitrogen and oxygen atoms in total. The topological polar surface area (TPSA) is 87.5 Å². The summed E-state index contributed by atoms with van der Waals surface area (Å²) in [5.41, 5.74) is 2.03. The van der Waals surface area contributed by atoms with Crippen LogP contribution in [0.4, 0.5) is 4.79 Å². The molecule has 0 unspecified atom stereocenters. The Hall–Kier alpha value is -2.38. The highest BCUT2D eigenvalue weighted by Gasteiger charge is 2.34. The summed E-state index contributed by atoms with van der Waals surface area (Å²) in [6.07, 6.45) is 0.827. The molecule has 3 heterocycles. The third kappa shape index (κ3) is 2.56. The van der Waals surface area contributed by atoms with E-state index in [1.54, 1.807) is 4.90 Å². The molecule has 2 aliphatic rings. The van der Waals surface area contributed by atoms with E-state index in [0.29, 0.717) is 13.1 Å². The number of hydrogen-bond acceptors (Lipinski definition) is 4. The second-order valence-corrected chi connectivity index (χ2v) is 5.79. The maximum atomic E-state index is 12.3. The van der Waals surface area contributed by atoms with Crippen LogP contribution in [-0.4, -0.2) is 63.6 Å². The Balaban J connectivity index is 1.62. The van der Waals surface area contributed by atoms with Crippen LogP contribution in [0.25, 0.3) is 0 Å². The lowest BCUT2D eigenvalue weighted by Crippen LogP contribution is -2.42. The van der Waals surface area contributed by atoms with E-state index in [2.05, 4.69) is 10.4 Å². The lowest BCUT2D eigenvalue weighted by Gasteiger charge is -2.20. The first-order chi connectivity index (χ1) is 10.5. The summed E-state index contributed by atoms with van der Waals surface area (Å²) < 4.78 is 1.95. The van der Waals surface area contributed by atoms with E-state index in [4.69, 9.17) is 0 Å². The highest BCUT2D eigenvalue weighted by molar-refractivity contribution is 6.04. The van der Waals surface area contributed by atoms with Crippen molar-refractivity contribution < 1.29 is 14.4 Å². The molecule has 1 atom stereocenters. The average Bonchev–Trinajstić information content (AvgIpc) is 3.14. The van der Waals surface area contributed by atoms with E-state index in [1.165, 1.54) is 0 Å². The molecule has 22 heavy (non-hydrogen) atoms. The van der Waals surface area contributed by atoms with Gasteiger partial charge in [-0.25, -0.2) is 4.79 Å². The number of hydrogen-bond donors (Lipinski definition) is 1. The molecule has 2 saturated heterocycles. The molecule has 0 aliphatic carbocycles. The summed E-state index contributed by atoms with van der Waals surface area (Å²) >= 11 is 0. The van der Waals surface area contributed by atoms with Crippen LogP contribution in [0.15, 0.2) is 6.07 Å². The van der Waals surface area contributed by atoms with Crippen LogP contribution in [0.5, 0.6) is 0 Å². The highest BCUT2D eigenvalue weighted by atomic mass is 16.2. The van der Waals surface area contributed by atoms with Crippen molar-refractivity contribution in [2.45, 2.75) is 26.3 Å². The van der Waals surface area contributed by atoms with Gasteiger partial charge in [-0.1, -0.05) is 0 Å². The molecular formula is C14H19N5O3. The largest absolute Gasteiger partial charge is 0.339 e. The minimum absolute atomic E-state index is 0.0273. The van der Waals surface area contributed by atoms with E-state index in [9.17, 15) is 14.4 Å². The smallest absolute Gasteiger partial charge is 0.325 e. The molecule has 118 valence electrons. The molecule has 2 aliphatic heterocycles. The van der Waals surface area contributed by atoms with Gasteiger partial charge in [0, 0.05) is 18.8 Å². The van der Waals surface area contributed by atoms with Gasteiger partial charge in [0.15, 0.2) is 0 Å². The van der Waals surface area contributed by atoms with E-state index in [1.807, 2.05) is 24.6 Å². The first-order valence-electron chi connectivity index (χ1n) is 7.34. The van der Waals surface area contributed by atoms with Crippen molar-refractivity contribution in [3.63, 3.8) is 0 Å².